The maximum absolute atomic E-state index is 4.74. The van der Waals surface area contributed by atoms with Crippen LogP contribution in [0.5, 0.6) is 0 Å². The zero-order valence-electron chi connectivity index (χ0n) is 14.1. The van der Waals surface area contributed by atoms with Crippen LogP contribution in [-0.2, 0) is 5.41 Å². The number of pyridine rings is 2. The Balaban J connectivity index is 2.06. The monoisotopic (exact) mass is 310 g/mol. The van der Waals surface area contributed by atoms with Crippen molar-refractivity contribution in [3.63, 3.8) is 0 Å². The molecule has 5 rings (SSSR count). The van der Waals surface area contributed by atoms with Crippen LogP contribution in [0.1, 0.15) is 30.5 Å². The van der Waals surface area contributed by atoms with Gasteiger partial charge in [0.15, 0.2) is 0 Å². The van der Waals surface area contributed by atoms with Crippen LogP contribution in [0.25, 0.3) is 32.9 Å². The molecule has 2 heterocycles. The molecule has 116 valence electrons. The smallest absolute Gasteiger partial charge is 0.0802 e. The average molecular weight is 310 g/mol. The van der Waals surface area contributed by atoms with Gasteiger partial charge in [0, 0.05) is 34.1 Å². The summed E-state index contributed by atoms with van der Waals surface area (Å²) in [5.74, 6) is 0. The van der Waals surface area contributed by atoms with Crippen LogP contribution in [0.2, 0.25) is 0 Å². The number of aromatic nitrogens is 2. The molecule has 2 aromatic heterocycles. The number of para-hydroxylation sites is 1. The lowest BCUT2D eigenvalue weighted by atomic mass is 9.68. The van der Waals surface area contributed by atoms with E-state index in [9.17, 15) is 0 Å². The molecule has 0 spiro atoms. The molecule has 0 unspecified atom stereocenters. The molecule has 2 heteroatoms. The summed E-state index contributed by atoms with van der Waals surface area (Å²) in [6.07, 6.45) is 3.92. The molecule has 0 N–H and O–H groups in total. The van der Waals surface area contributed by atoms with Gasteiger partial charge in [0.25, 0.3) is 0 Å². The Bertz CT molecular complexity index is 1140. The molecule has 24 heavy (non-hydrogen) atoms. The lowest BCUT2D eigenvalue weighted by molar-refractivity contribution is 0.649. The van der Waals surface area contributed by atoms with Crippen molar-refractivity contribution in [3.8, 4) is 11.3 Å². The molecule has 0 fully saturated rings. The van der Waals surface area contributed by atoms with Gasteiger partial charge in [-0.1, -0.05) is 49.7 Å². The Morgan fingerprint density at radius 1 is 0.958 bits per heavy atom. The van der Waals surface area contributed by atoms with Gasteiger partial charge >= 0.3 is 0 Å². The quantitative estimate of drug-likeness (QED) is 0.435. The summed E-state index contributed by atoms with van der Waals surface area (Å²) in [5, 5.41) is 3.77. The fourth-order valence-corrected chi connectivity index (χ4v) is 4.29. The molecule has 0 radical (unpaired) electrons. The predicted octanol–water partition coefficient (Wildman–Crippen LogP) is 5.40. The Morgan fingerprint density at radius 3 is 2.67 bits per heavy atom. The van der Waals surface area contributed by atoms with Crippen LogP contribution >= 0.6 is 0 Å². The van der Waals surface area contributed by atoms with Gasteiger partial charge in [0.1, 0.15) is 0 Å². The topological polar surface area (TPSA) is 25.8 Å². The van der Waals surface area contributed by atoms with Gasteiger partial charge in [-0.3, -0.25) is 9.97 Å². The van der Waals surface area contributed by atoms with E-state index < -0.39 is 0 Å². The van der Waals surface area contributed by atoms with E-state index in [1.807, 2.05) is 12.4 Å². The van der Waals surface area contributed by atoms with Crippen LogP contribution in [0.15, 0.2) is 54.9 Å². The van der Waals surface area contributed by atoms with E-state index in [1.54, 1.807) is 0 Å². The normalized spacial score (nSPS) is 14.8. The first kappa shape index (κ1) is 13.7. The summed E-state index contributed by atoms with van der Waals surface area (Å²) in [6.45, 7) is 6.82. The molecule has 0 amide bonds. The number of aryl methyl sites for hydroxylation is 1. The first-order valence-electron chi connectivity index (χ1n) is 8.36. The number of nitrogens with zero attached hydrogens (tertiary/aromatic N) is 2. The highest BCUT2D eigenvalue weighted by Gasteiger charge is 2.35. The van der Waals surface area contributed by atoms with Gasteiger partial charge in [-0.2, -0.15) is 0 Å². The van der Waals surface area contributed by atoms with Crippen molar-refractivity contribution in [1.82, 2.24) is 9.97 Å². The summed E-state index contributed by atoms with van der Waals surface area (Å²) >= 11 is 0. The van der Waals surface area contributed by atoms with E-state index in [4.69, 9.17) is 9.97 Å². The van der Waals surface area contributed by atoms with Crippen LogP contribution in [-0.4, -0.2) is 9.97 Å². The molecule has 0 aliphatic heterocycles. The molecule has 0 atom stereocenters. The number of hydrogen-bond acceptors (Lipinski definition) is 2. The predicted molar refractivity (Wildman–Crippen MR) is 99.3 cm³/mol. The minimum atomic E-state index is -0.0851. The number of benzene rings is 2. The van der Waals surface area contributed by atoms with Crippen molar-refractivity contribution >= 4 is 21.7 Å². The lowest BCUT2D eigenvalue weighted by Crippen LogP contribution is -2.25. The highest BCUT2D eigenvalue weighted by Crippen LogP contribution is 2.49. The average Bonchev–Trinajstić information content (AvgIpc) is 2.58. The van der Waals surface area contributed by atoms with Crippen molar-refractivity contribution < 1.29 is 0 Å². The van der Waals surface area contributed by atoms with Crippen LogP contribution in [0.3, 0.4) is 0 Å². The van der Waals surface area contributed by atoms with Gasteiger partial charge in [-0.05, 0) is 35.6 Å². The minimum Gasteiger partial charge on any atom is -0.256 e. The highest BCUT2D eigenvalue weighted by molar-refractivity contribution is 6.04. The van der Waals surface area contributed by atoms with Crippen LogP contribution in [0, 0.1) is 6.92 Å². The summed E-state index contributed by atoms with van der Waals surface area (Å²) in [7, 11) is 0. The fourth-order valence-electron chi connectivity index (χ4n) is 4.29. The Kier molecular flexibility index (Phi) is 2.52. The fraction of sp³-hybridized carbons (Fsp3) is 0.182. The lowest BCUT2D eigenvalue weighted by Gasteiger charge is -2.35. The summed E-state index contributed by atoms with van der Waals surface area (Å²) < 4.78 is 0. The van der Waals surface area contributed by atoms with Crippen molar-refractivity contribution in [2.45, 2.75) is 26.2 Å². The second kappa shape index (κ2) is 4.41. The Labute approximate surface area is 141 Å². The molecule has 1 aliphatic rings. The van der Waals surface area contributed by atoms with Gasteiger partial charge in [-0.15, -0.1) is 0 Å². The Hall–Kier alpha value is -2.74. The molecular weight excluding hydrogens is 292 g/mol. The van der Waals surface area contributed by atoms with E-state index in [1.165, 1.54) is 38.4 Å². The van der Waals surface area contributed by atoms with E-state index in [-0.39, 0.29) is 5.41 Å². The molecular formula is C22H18N2. The highest BCUT2D eigenvalue weighted by atomic mass is 14.7. The van der Waals surface area contributed by atoms with E-state index in [0.717, 1.165) is 11.2 Å². The SMILES string of the molecule is Cc1cc2c3c(nccc3c1)-c1cnc3ccccc3c1C2(C)C. The maximum atomic E-state index is 4.74. The molecule has 2 nitrogen and oxygen atoms in total. The molecule has 0 saturated heterocycles. The summed E-state index contributed by atoms with van der Waals surface area (Å²) in [6, 6.07) is 15.1. The van der Waals surface area contributed by atoms with Crippen molar-refractivity contribution in [1.29, 1.82) is 0 Å². The third-order valence-electron chi connectivity index (χ3n) is 5.34. The van der Waals surface area contributed by atoms with Crippen molar-refractivity contribution in [2.75, 3.05) is 0 Å². The number of hydrogen-bond donors (Lipinski definition) is 0. The van der Waals surface area contributed by atoms with Gasteiger partial charge in [0.05, 0.1) is 11.2 Å². The minimum absolute atomic E-state index is 0.0851. The molecule has 2 aromatic carbocycles. The molecule has 0 bridgehead atoms. The summed E-state index contributed by atoms with van der Waals surface area (Å²) in [4.78, 5) is 9.44. The van der Waals surface area contributed by atoms with E-state index in [0.29, 0.717) is 0 Å². The van der Waals surface area contributed by atoms with E-state index in [2.05, 4.69) is 63.2 Å². The van der Waals surface area contributed by atoms with E-state index >= 15 is 0 Å². The Morgan fingerprint density at radius 2 is 1.79 bits per heavy atom. The van der Waals surface area contributed by atoms with Crippen LogP contribution in [0.4, 0.5) is 0 Å². The van der Waals surface area contributed by atoms with Crippen LogP contribution < -0.4 is 0 Å². The molecule has 0 saturated carbocycles. The third kappa shape index (κ3) is 1.60. The number of rotatable bonds is 0. The molecule has 1 aliphatic carbocycles. The van der Waals surface area contributed by atoms with Gasteiger partial charge < -0.3 is 0 Å². The zero-order valence-corrected chi connectivity index (χ0v) is 14.1. The largest absolute Gasteiger partial charge is 0.256 e. The van der Waals surface area contributed by atoms with Crippen molar-refractivity contribution in [3.05, 3.63) is 71.5 Å². The summed E-state index contributed by atoms with van der Waals surface area (Å²) in [5.41, 5.74) is 7.20. The second-order valence-electron chi connectivity index (χ2n) is 7.26. The zero-order chi connectivity index (χ0) is 16.5. The third-order valence-corrected chi connectivity index (χ3v) is 5.34. The number of fused-ring (bicyclic) bond motifs is 4. The maximum Gasteiger partial charge on any atom is 0.0802 e. The standard InChI is InChI=1S/C22H18N2/c1-13-10-14-8-9-23-21-16-12-24-18-7-5-4-6-15(18)20(16)22(2,3)17(11-13)19(14)21/h4-12H,1-3H3. The van der Waals surface area contributed by atoms with Crippen molar-refractivity contribution in [2.24, 2.45) is 0 Å². The molecule has 4 aromatic rings. The first-order valence-corrected chi connectivity index (χ1v) is 8.36. The van der Waals surface area contributed by atoms with Gasteiger partial charge in [-0.25, -0.2) is 0 Å². The second-order valence-corrected chi connectivity index (χ2v) is 7.26. The van der Waals surface area contributed by atoms with Gasteiger partial charge in [0.2, 0.25) is 0 Å². The first-order chi connectivity index (χ1) is 11.6.